The van der Waals surface area contributed by atoms with E-state index in [-0.39, 0.29) is 6.10 Å². The van der Waals surface area contributed by atoms with Crippen LogP contribution in [0.3, 0.4) is 0 Å². The van der Waals surface area contributed by atoms with Crippen molar-refractivity contribution < 1.29 is 3.07 Å². The number of rotatable bonds is 6. The van der Waals surface area contributed by atoms with Gasteiger partial charge in [-0.25, -0.2) is 4.68 Å². The lowest BCUT2D eigenvalue weighted by Gasteiger charge is -2.17. The number of nitrogens with zero attached hydrogens (tertiary/aromatic N) is 3. The molecule has 0 amide bonds. The summed E-state index contributed by atoms with van der Waals surface area (Å²) in [6.45, 7) is 9.63. The van der Waals surface area contributed by atoms with E-state index in [0.29, 0.717) is 11.8 Å². The minimum Gasteiger partial charge on any atom is -0.306 e. The van der Waals surface area contributed by atoms with Gasteiger partial charge in [0.15, 0.2) is 0 Å². The largest absolute Gasteiger partial charge is 0.306 e. The van der Waals surface area contributed by atoms with E-state index in [1.165, 1.54) is 0 Å². The van der Waals surface area contributed by atoms with Gasteiger partial charge in [0.25, 0.3) is 0 Å². The van der Waals surface area contributed by atoms with Crippen LogP contribution in [0.15, 0.2) is 6.20 Å². The van der Waals surface area contributed by atoms with E-state index in [2.05, 4.69) is 38.0 Å². The normalized spacial score (nSPS) is 13.7. The van der Waals surface area contributed by atoms with Crippen LogP contribution in [0.4, 0.5) is 0 Å². The van der Waals surface area contributed by atoms with E-state index in [1.54, 1.807) is 0 Å². The molecule has 5 heteroatoms. The van der Waals surface area contributed by atoms with Crippen molar-refractivity contribution >= 4 is 23.0 Å². The number of halogens is 1. The maximum atomic E-state index is 5.50. The maximum Gasteiger partial charge on any atom is 0.113 e. The summed E-state index contributed by atoms with van der Waals surface area (Å²) in [6, 6.07) is 0. The fraction of sp³-hybridized carbons (Fsp3) is 0.818. The SMILES string of the molecule is CC(C)CC(OI)c1cnnn1CC(C)C. The first-order valence-electron chi connectivity index (χ1n) is 5.70. The minimum atomic E-state index is 0.0920. The molecule has 0 saturated heterocycles. The average molecular weight is 337 g/mol. The first kappa shape index (κ1) is 13.9. The lowest BCUT2D eigenvalue weighted by atomic mass is 10.0. The fourth-order valence-corrected chi connectivity index (χ4v) is 2.10. The van der Waals surface area contributed by atoms with Crippen molar-refractivity contribution in [2.45, 2.75) is 46.8 Å². The van der Waals surface area contributed by atoms with Gasteiger partial charge < -0.3 is 3.07 Å². The third-order valence-electron chi connectivity index (χ3n) is 2.31. The van der Waals surface area contributed by atoms with Crippen LogP contribution in [-0.2, 0) is 9.61 Å². The van der Waals surface area contributed by atoms with Crippen LogP contribution in [0, 0.1) is 11.8 Å². The molecule has 4 nitrogen and oxygen atoms in total. The van der Waals surface area contributed by atoms with Crippen LogP contribution < -0.4 is 0 Å². The zero-order chi connectivity index (χ0) is 12.1. The molecule has 1 atom stereocenters. The Labute approximate surface area is 111 Å². The maximum absolute atomic E-state index is 5.50. The Balaban J connectivity index is 2.79. The highest BCUT2D eigenvalue weighted by Gasteiger charge is 2.19. The van der Waals surface area contributed by atoms with E-state index in [4.69, 9.17) is 3.07 Å². The molecule has 16 heavy (non-hydrogen) atoms. The van der Waals surface area contributed by atoms with Gasteiger partial charge in [-0.2, -0.15) is 0 Å². The predicted octanol–water partition coefficient (Wildman–Crippen LogP) is 3.39. The van der Waals surface area contributed by atoms with Gasteiger partial charge in [0.2, 0.25) is 0 Å². The summed E-state index contributed by atoms with van der Waals surface area (Å²) < 4.78 is 7.45. The van der Waals surface area contributed by atoms with Crippen LogP contribution in [0.2, 0.25) is 0 Å². The van der Waals surface area contributed by atoms with Gasteiger partial charge in [0.1, 0.15) is 29.1 Å². The summed E-state index contributed by atoms with van der Waals surface area (Å²) in [5, 5.41) is 8.10. The standard InChI is InChI=1S/C11H20IN3O/c1-8(2)5-11(16-12)10-6-13-14-15(10)7-9(3)4/h6,8-9,11H,5,7H2,1-4H3. The van der Waals surface area contributed by atoms with Gasteiger partial charge in [-0.05, 0) is 18.3 Å². The van der Waals surface area contributed by atoms with Gasteiger partial charge in [0, 0.05) is 6.54 Å². The predicted molar refractivity (Wildman–Crippen MR) is 72.2 cm³/mol. The van der Waals surface area contributed by atoms with Gasteiger partial charge in [-0.15, -0.1) is 5.10 Å². The Bertz CT molecular complexity index is 312. The van der Waals surface area contributed by atoms with Crippen molar-refractivity contribution in [1.29, 1.82) is 0 Å². The molecule has 0 aliphatic rings. The van der Waals surface area contributed by atoms with Crippen molar-refractivity contribution in [3.05, 3.63) is 11.9 Å². The van der Waals surface area contributed by atoms with E-state index >= 15 is 0 Å². The topological polar surface area (TPSA) is 39.9 Å². The molecular weight excluding hydrogens is 317 g/mol. The Morgan fingerprint density at radius 1 is 1.31 bits per heavy atom. The Morgan fingerprint density at radius 2 is 2.00 bits per heavy atom. The van der Waals surface area contributed by atoms with Gasteiger partial charge in [-0.3, -0.25) is 0 Å². The molecule has 1 aromatic rings. The average Bonchev–Trinajstić information content (AvgIpc) is 2.61. The molecule has 1 heterocycles. The minimum absolute atomic E-state index is 0.0920. The molecule has 0 N–H and O–H groups in total. The van der Waals surface area contributed by atoms with Gasteiger partial charge in [0.05, 0.1) is 11.9 Å². The van der Waals surface area contributed by atoms with E-state index in [0.717, 1.165) is 18.7 Å². The zero-order valence-corrected chi connectivity index (χ0v) is 12.5. The molecular formula is C11H20IN3O. The number of hydrogen-bond acceptors (Lipinski definition) is 3. The molecule has 1 rings (SSSR count). The molecule has 0 aliphatic heterocycles. The molecule has 0 spiro atoms. The highest BCUT2D eigenvalue weighted by molar-refractivity contribution is 14.1. The highest BCUT2D eigenvalue weighted by atomic mass is 127. The van der Waals surface area contributed by atoms with Crippen LogP contribution in [0.25, 0.3) is 0 Å². The summed E-state index contributed by atoms with van der Waals surface area (Å²) in [7, 11) is 0. The second kappa shape index (κ2) is 6.54. The van der Waals surface area contributed by atoms with Crippen molar-refractivity contribution in [2.75, 3.05) is 0 Å². The Hall–Kier alpha value is -0.170. The molecule has 0 bridgehead atoms. The van der Waals surface area contributed by atoms with Crippen molar-refractivity contribution in [3.63, 3.8) is 0 Å². The first-order valence-corrected chi connectivity index (χ1v) is 6.58. The second-order valence-electron chi connectivity index (χ2n) is 4.94. The first-order chi connectivity index (χ1) is 7.54. The molecule has 0 aromatic carbocycles. The summed E-state index contributed by atoms with van der Waals surface area (Å²) in [5.41, 5.74) is 1.08. The van der Waals surface area contributed by atoms with Crippen LogP contribution in [-0.4, -0.2) is 15.0 Å². The third kappa shape index (κ3) is 4.01. The molecule has 0 fully saturated rings. The van der Waals surface area contributed by atoms with E-state index in [1.807, 2.05) is 33.9 Å². The Morgan fingerprint density at radius 3 is 2.50 bits per heavy atom. The molecule has 92 valence electrons. The number of hydrogen-bond donors (Lipinski definition) is 0. The van der Waals surface area contributed by atoms with Crippen LogP contribution in [0.1, 0.15) is 45.9 Å². The molecule has 0 radical (unpaired) electrons. The van der Waals surface area contributed by atoms with Crippen LogP contribution in [0.5, 0.6) is 0 Å². The summed E-state index contributed by atoms with van der Waals surface area (Å²) in [5.74, 6) is 1.16. The lowest BCUT2D eigenvalue weighted by Crippen LogP contribution is -2.14. The van der Waals surface area contributed by atoms with Crippen molar-refractivity contribution in [3.8, 4) is 0 Å². The smallest absolute Gasteiger partial charge is 0.113 e. The zero-order valence-electron chi connectivity index (χ0n) is 10.4. The number of aromatic nitrogens is 3. The Kier molecular flexibility index (Phi) is 5.68. The van der Waals surface area contributed by atoms with Crippen LogP contribution >= 0.6 is 23.0 Å². The summed E-state index contributed by atoms with van der Waals surface area (Å²) >= 11 is 1.97. The fourth-order valence-electron chi connectivity index (χ4n) is 1.63. The molecule has 1 aromatic heterocycles. The van der Waals surface area contributed by atoms with Gasteiger partial charge in [-0.1, -0.05) is 32.9 Å². The van der Waals surface area contributed by atoms with Crippen molar-refractivity contribution in [2.24, 2.45) is 11.8 Å². The summed E-state index contributed by atoms with van der Waals surface area (Å²) in [6.07, 6.45) is 2.90. The molecule has 0 aliphatic carbocycles. The van der Waals surface area contributed by atoms with Gasteiger partial charge >= 0.3 is 0 Å². The lowest BCUT2D eigenvalue weighted by molar-refractivity contribution is 0.229. The summed E-state index contributed by atoms with van der Waals surface area (Å²) in [4.78, 5) is 0. The second-order valence-corrected chi connectivity index (χ2v) is 5.45. The molecule has 1 unspecified atom stereocenters. The molecule has 0 saturated carbocycles. The van der Waals surface area contributed by atoms with E-state index < -0.39 is 0 Å². The monoisotopic (exact) mass is 337 g/mol. The highest BCUT2D eigenvalue weighted by Crippen LogP contribution is 2.26. The van der Waals surface area contributed by atoms with E-state index in [9.17, 15) is 0 Å². The third-order valence-corrected chi connectivity index (χ3v) is 2.92. The quantitative estimate of drug-likeness (QED) is 0.747. The van der Waals surface area contributed by atoms with Crippen molar-refractivity contribution in [1.82, 2.24) is 15.0 Å².